The predicted octanol–water partition coefficient (Wildman–Crippen LogP) is 2.58. The first-order valence-corrected chi connectivity index (χ1v) is 7.24. The van der Waals surface area contributed by atoms with Crippen LogP contribution in [0.4, 0.5) is 0 Å². The van der Waals surface area contributed by atoms with Crippen molar-refractivity contribution in [2.45, 2.75) is 43.6 Å². The number of halogens is 1. The van der Waals surface area contributed by atoms with Crippen molar-refractivity contribution < 1.29 is 14.8 Å². The normalized spacial score (nSPS) is 33.5. The topological polar surface area (TPSA) is 49.7 Å². The molecule has 3 atom stereocenters. The van der Waals surface area contributed by atoms with Crippen LogP contribution in [0, 0.1) is 5.92 Å². The highest BCUT2D eigenvalue weighted by Gasteiger charge is 2.37. The molecule has 0 amide bonds. The molecule has 1 aliphatic heterocycles. The predicted molar refractivity (Wildman–Crippen MR) is 77.6 cm³/mol. The first-order chi connectivity index (χ1) is 9.11. The van der Waals surface area contributed by atoms with Crippen molar-refractivity contribution in [2.75, 3.05) is 0 Å². The fraction of sp³-hybridized carbons (Fsp3) is 0.571. The van der Waals surface area contributed by atoms with E-state index in [1.165, 1.54) is 0 Å². The summed E-state index contributed by atoms with van der Waals surface area (Å²) in [4.78, 5) is 0. The number of hydrogen-bond acceptors (Lipinski definition) is 3. The van der Waals surface area contributed by atoms with Gasteiger partial charge in [0.15, 0.2) is 0 Å². The minimum atomic E-state index is -1.51. The molecule has 0 aromatic heterocycles. The summed E-state index contributed by atoms with van der Waals surface area (Å²) in [5.74, 6) is 1.14. The quantitative estimate of drug-likeness (QED) is 0.475. The Morgan fingerprint density at radius 2 is 2.21 bits per heavy atom. The van der Waals surface area contributed by atoms with Gasteiger partial charge in [0, 0.05) is 29.6 Å². The Balaban J connectivity index is 2.18. The number of ether oxygens (including phenoxy) is 1. The molecule has 0 aromatic carbocycles. The monoisotopic (exact) mass is 282 g/mol. The van der Waals surface area contributed by atoms with E-state index in [-0.39, 0.29) is 11.5 Å². The third-order valence-corrected chi connectivity index (χ3v) is 4.26. The molecule has 104 valence electrons. The van der Waals surface area contributed by atoms with Crippen molar-refractivity contribution in [1.29, 1.82) is 0 Å². The molecule has 2 aliphatic rings. The van der Waals surface area contributed by atoms with Crippen LogP contribution < -0.4 is 0 Å². The van der Waals surface area contributed by atoms with Crippen LogP contribution in [0.2, 0.25) is 0 Å². The molecule has 19 heavy (non-hydrogen) atoms. The minimum Gasteiger partial charge on any atom is -0.495 e. The molecule has 3 unspecified atom stereocenters. The lowest BCUT2D eigenvalue weighted by Gasteiger charge is -2.16. The highest BCUT2D eigenvalue weighted by molar-refractivity contribution is 6.52. The third-order valence-electron chi connectivity index (χ3n) is 3.86. The van der Waals surface area contributed by atoms with Gasteiger partial charge in [0.2, 0.25) is 0 Å². The Morgan fingerprint density at radius 1 is 1.42 bits per heavy atom. The van der Waals surface area contributed by atoms with Gasteiger partial charge in [-0.15, -0.1) is 11.6 Å². The SMILES string of the molecule is C=C/C=C\C(B(O)O)=C1/CC2CCCC(Cl)CC2O1. The maximum absolute atomic E-state index is 9.45. The smallest absolute Gasteiger partial charge is 0.491 e. The molecule has 2 fully saturated rings. The Bertz CT molecular complexity index is 392. The molecule has 1 saturated carbocycles. The minimum absolute atomic E-state index is 0.117. The lowest BCUT2D eigenvalue weighted by Crippen LogP contribution is -2.18. The summed E-state index contributed by atoms with van der Waals surface area (Å²) in [7, 11) is -1.51. The molecule has 0 spiro atoms. The molecule has 0 bridgehead atoms. The van der Waals surface area contributed by atoms with Gasteiger partial charge >= 0.3 is 7.12 Å². The fourth-order valence-electron chi connectivity index (χ4n) is 2.88. The number of hydrogen-bond donors (Lipinski definition) is 2. The maximum atomic E-state index is 9.45. The molecule has 1 heterocycles. The largest absolute Gasteiger partial charge is 0.495 e. The Hall–Kier alpha value is -0.705. The lowest BCUT2D eigenvalue weighted by atomic mass is 9.77. The van der Waals surface area contributed by atoms with Crippen LogP contribution in [0.3, 0.4) is 0 Å². The number of alkyl halides is 1. The average molecular weight is 283 g/mol. The van der Waals surface area contributed by atoms with Gasteiger partial charge in [-0.25, -0.2) is 0 Å². The van der Waals surface area contributed by atoms with Gasteiger partial charge in [-0.2, -0.15) is 0 Å². The number of allylic oxidation sites excluding steroid dienone is 5. The van der Waals surface area contributed by atoms with E-state index in [0.29, 0.717) is 17.1 Å². The summed E-state index contributed by atoms with van der Waals surface area (Å²) in [5, 5.41) is 19.1. The van der Waals surface area contributed by atoms with E-state index in [0.717, 1.165) is 32.1 Å². The Morgan fingerprint density at radius 3 is 2.89 bits per heavy atom. The molecule has 2 N–H and O–H groups in total. The molecule has 0 aromatic rings. The second kappa shape index (κ2) is 6.64. The fourth-order valence-corrected chi connectivity index (χ4v) is 3.21. The van der Waals surface area contributed by atoms with Crippen molar-refractivity contribution in [2.24, 2.45) is 5.92 Å². The molecule has 1 saturated heterocycles. The third kappa shape index (κ3) is 3.65. The van der Waals surface area contributed by atoms with E-state index >= 15 is 0 Å². The standard InChI is InChI=1S/C14H20BClO3/c1-2-3-7-12(15(17)18)14-8-10-5-4-6-11(16)9-13(10)19-14/h2-3,7,10-11,13,17-18H,1,4-6,8-9H2/b7-3-,14-12-. The van der Waals surface area contributed by atoms with Crippen LogP contribution >= 0.6 is 11.6 Å². The van der Waals surface area contributed by atoms with Crippen LogP contribution in [-0.4, -0.2) is 28.6 Å². The zero-order chi connectivity index (χ0) is 13.8. The highest BCUT2D eigenvalue weighted by Crippen LogP contribution is 2.40. The van der Waals surface area contributed by atoms with Crippen LogP contribution in [0.1, 0.15) is 32.1 Å². The van der Waals surface area contributed by atoms with E-state index < -0.39 is 7.12 Å². The Kier molecular flexibility index (Phi) is 5.14. The zero-order valence-electron chi connectivity index (χ0n) is 11.0. The summed E-state index contributed by atoms with van der Waals surface area (Å²) in [6.07, 6.45) is 9.92. The molecular weight excluding hydrogens is 262 g/mol. The van der Waals surface area contributed by atoms with Crippen molar-refractivity contribution >= 4 is 18.7 Å². The van der Waals surface area contributed by atoms with E-state index in [1.54, 1.807) is 18.2 Å². The first kappa shape index (κ1) is 14.7. The summed E-state index contributed by atoms with van der Waals surface area (Å²) < 4.78 is 5.93. The summed E-state index contributed by atoms with van der Waals surface area (Å²) in [6.45, 7) is 3.58. The van der Waals surface area contributed by atoms with Gasteiger partial charge in [0.05, 0.1) is 5.76 Å². The zero-order valence-corrected chi connectivity index (χ0v) is 11.7. The van der Waals surface area contributed by atoms with Gasteiger partial charge < -0.3 is 14.8 Å². The van der Waals surface area contributed by atoms with Gasteiger partial charge in [-0.3, -0.25) is 0 Å². The molecule has 2 rings (SSSR count). The van der Waals surface area contributed by atoms with Crippen molar-refractivity contribution in [1.82, 2.24) is 0 Å². The molecule has 5 heteroatoms. The van der Waals surface area contributed by atoms with Gasteiger partial charge in [-0.05, 0) is 12.8 Å². The van der Waals surface area contributed by atoms with Crippen LogP contribution in [0.15, 0.2) is 36.0 Å². The molecule has 1 aliphatic carbocycles. The van der Waals surface area contributed by atoms with Crippen molar-refractivity contribution in [3.8, 4) is 0 Å². The second-order valence-electron chi connectivity index (χ2n) is 5.23. The molecule has 0 radical (unpaired) electrons. The number of rotatable bonds is 3. The maximum Gasteiger partial charge on any atom is 0.491 e. The van der Waals surface area contributed by atoms with Gasteiger partial charge in [0.1, 0.15) is 6.10 Å². The average Bonchev–Trinajstić information content (AvgIpc) is 2.64. The Labute approximate surface area is 119 Å². The van der Waals surface area contributed by atoms with Gasteiger partial charge in [-0.1, -0.05) is 31.2 Å². The van der Waals surface area contributed by atoms with E-state index in [2.05, 4.69) is 6.58 Å². The molecule has 3 nitrogen and oxygen atoms in total. The van der Waals surface area contributed by atoms with Gasteiger partial charge in [0.25, 0.3) is 0 Å². The van der Waals surface area contributed by atoms with Crippen LogP contribution in [0.25, 0.3) is 0 Å². The van der Waals surface area contributed by atoms with E-state index in [1.807, 2.05) is 0 Å². The summed E-state index contributed by atoms with van der Waals surface area (Å²) >= 11 is 6.24. The highest BCUT2D eigenvalue weighted by atomic mass is 35.5. The lowest BCUT2D eigenvalue weighted by molar-refractivity contribution is 0.123. The van der Waals surface area contributed by atoms with Crippen LogP contribution in [0.5, 0.6) is 0 Å². The van der Waals surface area contributed by atoms with Crippen LogP contribution in [-0.2, 0) is 4.74 Å². The summed E-state index contributed by atoms with van der Waals surface area (Å²) in [6, 6.07) is 0. The molecular formula is C14H20BClO3. The first-order valence-electron chi connectivity index (χ1n) is 6.80. The van der Waals surface area contributed by atoms with E-state index in [9.17, 15) is 10.0 Å². The summed E-state index contributed by atoms with van der Waals surface area (Å²) in [5.41, 5.74) is 0.430. The van der Waals surface area contributed by atoms with Crippen molar-refractivity contribution in [3.05, 3.63) is 36.0 Å². The second-order valence-corrected chi connectivity index (χ2v) is 5.85. The van der Waals surface area contributed by atoms with Crippen molar-refractivity contribution in [3.63, 3.8) is 0 Å². The van der Waals surface area contributed by atoms with E-state index in [4.69, 9.17) is 16.3 Å². The number of fused-ring (bicyclic) bond motifs is 1.